The van der Waals surface area contributed by atoms with Gasteiger partial charge < -0.3 is 24.8 Å². The van der Waals surface area contributed by atoms with Crippen LogP contribution in [0.5, 0.6) is 0 Å². The second-order valence-corrected chi connectivity index (χ2v) is 10.1. The second-order valence-electron chi connectivity index (χ2n) is 10.1. The molecule has 200 valence electrons. The zero-order valence-electron chi connectivity index (χ0n) is 23.5. The van der Waals surface area contributed by atoms with Crippen LogP contribution >= 0.6 is 0 Å². The zero-order chi connectivity index (χ0) is 26.4. The molecule has 0 saturated heterocycles. The van der Waals surface area contributed by atoms with E-state index in [2.05, 4.69) is 24.1 Å². The van der Waals surface area contributed by atoms with Crippen molar-refractivity contribution in [3.05, 3.63) is 0 Å². The number of methoxy groups -OCH3 is 1. The standard InChI is InChI=1S/C26H52N4O4/c1-11-20(5)25(21(12-2)34-10)30(9)23(32)18-27-26(33)24(19(3)4)29(8)22(31)16-14-13-15-17-28(6)7/h19-21,24-25H,11-18H2,1-10H3,(H,27,33)/t20-,21?,24-,25-/m0/s1. The Labute approximate surface area is 208 Å². The molecule has 0 aliphatic heterocycles. The van der Waals surface area contributed by atoms with Gasteiger partial charge in [-0.3, -0.25) is 14.4 Å². The summed E-state index contributed by atoms with van der Waals surface area (Å²) in [5.41, 5.74) is 0. The molecule has 0 fully saturated rings. The number of likely N-dealkylation sites (N-methyl/N-ethyl adjacent to an activating group) is 2. The van der Waals surface area contributed by atoms with E-state index in [1.165, 1.54) is 0 Å². The average molecular weight is 485 g/mol. The number of hydrogen-bond donors (Lipinski definition) is 1. The van der Waals surface area contributed by atoms with Crippen LogP contribution in [-0.2, 0) is 19.1 Å². The maximum Gasteiger partial charge on any atom is 0.243 e. The molecular weight excluding hydrogens is 432 g/mol. The fourth-order valence-corrected chi connectivity index (χ4v) is 4.48. The summed E-state index contributed by atoms with van der Waals surface area (Å²) in [7, 11) is 9.21. The monoisotopic (exact) mass is 484 g/mol. The Balaban J connectivity index is 5.02. The number of rotatable bonds is 17. The van der Waals surface area contributed by atoms with Crippen LogP contribution in [-0.4, -0.2) is 99.0 Å². The van der Waals surface area contributed by atoms with E-state index >= 15 is 0 Å². The molecule has 4 atom stereocenters. The molecule has 0 aliphatic rings. The Morgan fingerprint density at radius 2 is 1.47 bits per heavy atom. The molecule has 0 radical (unpaired) electrons. The highest BCUT2D eigenvalue weighted by molar-refractivity contribution is 5.90. The maximum absolute atomic E-state index is 13.0. The molecule has 1 N–H and O–H groups in total. The average Bonchev–Trinajstić information content (AvgIpc) is 2.79. The van der Waals surface area contributed by atoms with Crippen molar-refractivity contribution in [2.75, 3.05) is 48.4 Å². The molecule has 0 heterocycles. The van der Waals surface area contributed by atoms with Crippen LogP contribution in [0.2, 0.25) is 0 Å². The van der Waals surface area contributed by atoms with Gasteiger partial charge in [0, 0.05) is 27.6 Å². The fourth-order valence-electron chi connectivity index (χ4n) is 4.48. The molecule has 3 amide bonds. The lowest BCUT2D eigenvalue weighted by atomic mass is 9.91. The summed E-state index contributed by atoms with van der Waals surface area (Å²) in [6.07, 6.45) is 4.92. The van der Waals surface area contributed by atoms with Gasteiger partial charge in [-0.25, -0.2) is 0 Å². The molecule has 34 heavy (non-hydrogen) atoms. The Hall–Kier alpha value is -1.67. The molecule has 0 aromatic rings. The van der Waals surface area contributed by atoms with E-state index in [1.54, 1.807) is 31.0 Å². The predicted octanol–water partition coefficient (Wildman–Crippen LogP) is 3.01. The van der Waals surface area contributed by atoms with Crippen LogP contribution in [0.3, 0.4) is 0 Å². The number of hydrogen-bond acceptors (Lipinski definition) is 5. The number of carbonyl (C=O) groups excluding carboxylic acids is 3. The number of ether oxygens (including phenoxy) is 1. The molecule has 0 aliphatic carbocycles. The van der Waals surface area contributed by atoms with E-state index in [4.69, 9.17) is 4.74 Å². The first-order valence-corrected chi connectivity index (χ1v) is 12.9. The van der Waals surface area contributed by atoms with Crippen molar-refractivity contribution in [3.63, 3.8) is 0 Å². The lowest BCUT2D eigenvalue weighted by molar-refractivity contribution is -0.142. The molecule has 0 spiro atoms. The summed E-state index contributed by atoms with van der Waals surface area (Å²) < 4.78 is 5.64. The zero-order valence-corrected chi connectivity index (χ0v) is 23.5. The van der Waals surface area contributed by atoms with Gasteiger partial charge >= 0.3 is 0 Å². The summed E-state index contributed by atoms with van der Waals surface area (Å²) in [6.45, 7) is 11.0. The third-order valence-corrected chi connectivity index (χ3v) is 6.77. The van der Waals surface area contributed by atoms with Crippen LogP contribution in [0.1, 0.15) is 73.1 Å². The summed E-state index contributed by atoms with van der Waals surface area (Å²) in [5, 5.41) is 2.79. The fraction of sp³-hybridized carbons (Fsp3) is 0.885. The summed E-state index contributed by atoms with van der Waals surface area (Å²) >= 11 is 0. The van der Waals surface area contributed by atoms with Gasteiger partial charge in [0.05, 0.1) is 18.7 Å². The van der Waals surface area contributed by atoms with Crippen LogP contribution < -0.4 is 5.32 Å². The second kappa shape index (κ2) is 16.9. The quantitative estimate of drug-likeness (QED) is 0.321. The first kappa shape index (κ1) is 32.3. The molecule has 0 aromatic heterocycles. The largest absolute Gasteiger partial charge is 0.379 e. The van der Waals surface area contributed by atoms with Crippen LogP contribution in [0, 0.1) is 11.8 Å². The minimum absolute atomic E-state index is 0.0372. The number of unbranched alkanes of at least 4 members (excludes halogenated alkanes) is 2. The van der Waals surface area contributed by atoms with Gasteiger partial charge in [0.1, 0.15) is 6.04 Å². The number of nitrogens with one attached hydrogen (secondary N) is 1. The van der Waals surface area contributed by atoms with E-state index in [1.807, 2.05) is 34.9 Å². The van der Waals surface area contributed by atoms with Crippen LogP contribution in [0.15, 0.2) is 0 Å². The maximum atomic E-state index is 13.0. The summed E-state index contributed by atoms with van der Waals surface area (Å²) in [4.78, 5) is 44.1. The van der Waals surface area contributed by atoms with Gasteiger partial charge in [0.25, 0.3) is 0 Å². The normalized spacial score (nSPS) is 15.1. The molecule has 0 aromatic carbocycles. The third kappa shape index (κ3) is 10.7. The van der Waals surface area contributed by atoms with Crippen molar-refractivity contribution in [3.8, 4) is 0 Å². The molecule has 0 rings (SSSR count). The first-order valence-electron chi connectivity index (χ1n) is 12.9. The highest BCUT2D eigenvalue weighted by atomic mass is 16.5. The van der Waals surface area contributed by atoms with Crippen LogP contribution in [0.4, 0.5) is 0 Å². The van der Waals surface area contributed by atoms with E-state index in [0.717, 1.165) is 38.6 Å². The van der Waals surface area contributed by atoms with Crippen molar-refractivity contribution >= 4 is 17.7 Å². The third-order valence-electron chi connectivity index (χ3n) is 6.77. The summed E-state index contributed by atoms with van der Waals surface area (Å²) in [6, 6.07) is -0.679. The van der Waals surface area contributed by atoms with Gasteiger partial charge in [-0.15, -0.1) is 0 Å². The van der Waals surface area contributed by atoms with Gasteiger partial charge in [-0.1, -0.05) is 47.5 Å². The van der Waals surface area contributed by atoms with Gasteiger partial charge in [0.2, 0.25) is 17.7 Å². The van der Waals surface area contributed by atoms with Gasteiger partial charge in [-0.05, 0) is 51.7 Å². The Kier molecular flexibility index (Phi) is 16.0. The minimum atomic E-state index is -0.611. The minimum Gasteiger partial charge on any atom is -0.379 e. The van der Waals surface area contributed by atoms with Gasteiger partial charge in [0.15, 0.2) is 0 Å². The van der Waals surface area contributed by atoms with Crippen molar-refractivity contribution < 1.29 is 19.1 Å². The Morgan fingerprint density at radius 3 is 1.94 bits per heavy atom. The lowest BCUT2D eigenvalue weighted by Crippen LogP contribution is -2.54. The van der Waals surface area contributed by atoms with E-state index < -0.39 is 6.04 Å². The summed E-state index contributed by atoms with van der Waals surface area (Å²) in [5.74, 6) is -0.295. The van der Waals surface area contributed by atoms with Crippen molar-refractivity contribution in [1.29, 1.82) is 0 Å². The SMILES string of the molecule is CCC(OC)[C@H]([C@@H](C)CC)N(C)C(=O)CNC(=O)[C@H](C(C)C)N(C)C(=O)CCCCCN(C)C. The topological polar surface area (TPSA) is 82.2 Å². The number of nitrogens with zero attached hydrogens (tertiary/aromatic N) is 3. The molecular formula is C26H52N4O4. The molecule has 0 bridgehead atoms. The van der Waals surface area contributed by atoms with Crippen molar-refractivity contribution in [2.24, 2.45) is 11.8 Å². The van der Waals surface area contributed by atoms with Gasteiger partial charge in [-0.2, -0.15) is 0 Å². The van der Waals surface area contributed by atoms with Crippen molar-refractivity contribution in [2.45, 2.75) is 91.3 Å². The molecule has 8 nitrogen and oxygen atoms in total. The number of amides is 3. The molecule has 1 unspecified atom stereocenters. The highest BCUT2D eigenvalue weighted by Crippen LogP contribution is 2.21. The Morgan fingerprint density at radius 1 is 0.853 bits per heavy atom. The molecule has 0 saturated carbocycles. The van der Waals surface area contributed by atoms with E-state index in [0.29, 0.717) is 6.42 Å². The van der Waals surface area contributed by atoms with Crippen molar-refractivity contribution in [1.82, 2.24) is 20.0 Å². The first-order chi connectivity index (χ1) is 15.9. The van der Waals surface area contributed by atoms with E-state index in [9.17, 15) is 14.4 Å². The Bertz CT molecular complexity index is 608. The van der Waals surface area contributed by atoms with Crippen LogP contribution in [0.25, 0.3) is 0 Å². The predicted molar refractivity (Wildman–Crippen MR) is 139 cm³/mol. The number of carbonyl (C=O) groups is 3. The smallest absolute Gasteiger partial charge is 0.243 e. The van der Waals surface area contributed by atoms with E-state index in [-0.39, 0.29) is 48.2 Å². The highest BCUT2D eigenvalue weighted by Gasteiger charge is 2.33. The lowest BCUT2D eigenvalue weighted by Gasteiger charge is -2.37. The molecule has 8 heteroatoms.